The lowest BCUT2D eigenvalue weighted by Crippen LogP contribution is -2.10. The van der Waals surface area contributed by atoms with E-state index in [1.54, 1.807) is 0 Å². The number of aromatic nitrogens is 2. The number of furan rings is 1. The molecule has 3 aromatic heterocycles. The summed E-state index contributed by atoms with van der Waals surface area (Å²) < 4.78 is 8.99. The molecule has 0 fully saturated rings. The zero-order valence-corrected chi connectivity index (χ0v) is 30.8. The number of hydrogen-bond acceptors (Lipinski definition) is 3. The first-order valence-corrected chi connectivity index (χ1v) is 19.4. The summed E-state index contributed by atoms with van der Waals surface area (Å²) in [6.07, 6.45) is 3.74. The second-order valence-electron chi connectivity index (χ2n) is 14.8. The molecule has 3 heterocycles. The van der Waals surface area contributed by atoms with Crippen molar-refractivity contribution in [3.63, 3.8) is 0 Å². The molecule has 12 aromatic rings. The smallest absolute Gasteiger partial charge is 0.143 e. The van der Waals surface area contributed by atoms with Crippen LogP contribution < -0.4 is 4.90 Å². The van der Waals surface area contributed by atoms with Gasteiger partial charge in [0.25, 0.3) is 0 Å². The Labute approximate surface area is 328 Å². The number of benzene rings is 9. The Balaban J connectivity index is 1.15. The topological polar surface area (TPSA) is 34.2 Å². The van der Waals surface area contributed by atoms with Gasteiger partial charge in [0.15, 0.2) is 0 Å². The molecule has 0 aliphatic carbocycles. The molecule has 0 aliphatic heterocycles. The molecule has 4 heteroatoms. The Morgan fingerprint density at radius 1 is 0.421 bits per heavy atom. The third-order valence-corrected chi connectivity index (χ3v) is 11.6. The van der Waals surface area contributed by atoms with Crippen LogP contribution in [0.1, 0.15) is 0 Å². The maximum absolute atomic E-state index is 6.59. The van der Waals surface area contributed by atoms with Crippen LogP contribution in [-0.2, 0) is 0 Å². The summed E-state index contributed by atoms with van der Waals surface area (Å²) in [5.41, 5.74) is 10.7. The lowest BCUT2D eigenvalue weighted by molar-refractivity contribution is 0.672. The van der Waals surface area contributed by atoms with Crippen LogP contribution in [0.2, 0.25) is 0 Å². The summed E-state index contributed by atoms with van der Waals surface area (Å²) in [7, 11) is 0. The van der Waals surface area contributed by atoms with Crippen molar-refractivity contribution in [1.29, 1.82) is 0 Å². The van der Waals surface area contributed by atoms with Gasteiger partial charge < -0.3 is 13.9 Å². The Morgan fingerprint density at radius 2 is 1.14 bits per heavy atom. The summed E-state index contributed by atoms with van der Waals surface area (Å²) in [4.78, 5) is 6.80. The summed E-state index contributed by atoms with van der Waals surface area (Å²) in [5.74, 6) is 0. The number of rotatable bonds is 5. The largest absolute Gasteiger partial charge is 0.455 e. The molecule has 0 saturated carbocycles. The van der Waals surface area contributed by atoms with Gasteiger partial charge in [-0.15, -0.1) is 0 Å². The van der Waals surface area contributed by atoms with Crippen LogP contribution in [0.25, 0.3) is 92.9 Å². The van der Waals surface area contributed by atoms with Gasteiger partial charge >= 0.3 is 0 Å². The maximum atomic E-state index is 6.59. The van der Waals surface area contributed by atoms with Crippen LogP contribution in [-0.4, -0.2) is 9.55 Å². The quantitative estimate of drug-likeness (QED) is 0.166. The van der Waals surface area contributed by atoms with E-state index >= 15 is 0 Å². The van der Waals surface area contributed by atoms with Gasteiger partial charge in [-0.3, -0.25) is 4.98 Å². The fraction of sp³-hybridized carbons (Fsp3) is 0. The summed E-state index contributed by atoms with van der Waals surface area (Å²) in [6, 6.07) is 67.8. The van der Waals surface area contributed by atoms with Gasteiger partial charge in [0, 0.05) is 61.8 Å². The van der Waals surface area contributed by atoms with E-state index < -0.39 is 0 Å². The minimum absolute atomic E-state index is 0.905. The second-order valence-corrected chi connectivity index (χ2v) is 14.8. The highest BCUT2D eigenvalue weighted by Gasteiger charge is 2.21. The van der Waals surface area contributed by atoms with E-state index in [2.05, 4.69) is 190 Å². The highest BCUT2D eigenvalue weighted by atomic mass is 16.3. The van der Waals surface area contributed by atoms with Crippen LogP contribution >= 0.6 is 0 Å². The van der Waals surface area contributed by atoms with Crippen molar-refractivity contribution in [3.8, 4) is 16.8 Å². The van der Waals surface area contributed by atoms with Crippen molar-refractivity contribution >= 4 is 93.1 Å². The van der Waals surface area contributed by atoms with Gasteiger partial charge in [0.1, 0.15) is 11.2 Å². The molecule has 0 bridgehead atoms. The molecule has 12 rings (SSSR count). The zero-order valence-electron chi connectivity index (χ0n) is 30.8. The molecule has 0 unspecified atom stereocenters. The fourth-order valence-electron chi connectivity index (χ4n) is 8.99. The van der Waals surface area contributed by atoms with E-state index in [1.807, 2.05) is 24.5 Å². The van der Waals surface area contributed by atoms with Crippen molar-refractivity contribution in [2.45, 2.75) is 0 Å². The van der Waals surface area contributed by atoms with E-state index in [1.165, 1.54) is 32.3 Å². The van der Waals surface area contributed by atoms with Gasteiger partial charge in [0.2, 0.25) is 0 Å². The van der Waals surface area contributed by atoms with Crippen molar-refractivity contribution < 1.29 is 4.42 Å². The van der Waals surface area contributed by atoms with Crippen LogP contribution in [0.5, 0.6) is 0 Å². The first-order valence-electron chi connectivity index (χ1n) is 19.4. The number of para-hydroxylation sites is 2. The van der Waals surface area contributed by atoms with Crippen molar-refractivity contribution in [2.75, 3.05) is 4.90 Å². The number of nitrogens with zero attached hydrogens (tertiary/aromatic N) is 3. The maximum Gasteiger partial charge on any atom is 0.143 e. The zero-order chi connectivity index (χ0) is 37.5. The average molecular weight is 728 g/mol. The highest BCUT2D eigenvalue weighted by Crippen LogP contribution is 2.45. The van der Waals surface area contributed by atoms with Gasteiger partial charge in [-0.25, -0.2) is 0 Å². The number of fused-ring (bicyclic) bond motifs is 11. The first kappa shape index (κ1) is 31.6. The van der Waals surface area contributed by atoms with Crippen LogP contribution in [0.4, 0.5) is 17.1 Å². The molecule has 0 aliphatic rings. The molecule has 0 N–H and O–H groups in total. The van der Waals surface area contributed by atoms with Gasteiger partial charge in [-0.1, -0.05) is 109 Å². The van der Waals surface area contributed by atoms with Crippen molar-refractivity contribution in [1.82, 2.24) is 9.55 Å². The standard InChI is InChI=1S/C53H33N3O/c1-2-13-38(14-3-1)56-49-27-25-40(31-47(49)48-32-46-36(30-51(48)56)22-26-45-44-18-8-9-19-52(44)57-53(45)46)55(39-23-20-34(21-24-39)37-12-10-28-54-33-37)50-29-35-11-4-5-15-41(35)42-16-6-7-17-43(42)50/h1-33H. The third-order valence-electron chi connectivity index (χ3n) is 11.6. The predicted octanol–water partition coefficient (Wildman–Crippen LogP) is 14.7. The normalized spacial score (nSPS) is 11.9. The van der Waals surface area contributed by atoms with Crippen molar-refractivity contribution in [2.24, 2.45) is 0 Å². The number of hydrogen-bond donors (Lipinski definition) is 0. The Hall–Kier alpha value is -7.69. The number of pyridine rings is 1. The third kappa shape index (κ3) is 4.91. The lowest BCUT2D eigenvalue weighted by atomic mass is 9.98. The van der Waals surface area contributed by atoms with Crippen LogP contribution in [0.15, 0.2) is 205 Å². The molecule has 57 heavy (non-hydrogen) atoms. The van der Waals surface area contributed by atoms with Crippen LogP contribution in [0.3, 0.4) is 0 Å². The lowest BCUT2D eigenvalue weighted by Gasteiger charge is -2.28. The molecule has 0 saturated heterocycles. The fourth-order valence-corrected chi connectivity index (χ4v) is 8.99. The Kier molecular flexibility index (Phi) is 6.89. The molecule has 9 aromatic carbocycles. The molecule has 4 nitrogen and oxygen atoms in total. The Bertz CT molecular complexity index is 3510. The molecule has 266 valence electrons. The molecule has 0 radical (unpaired) electrons. The minimum atomic E-state index is 0.905. The minimum Gasteiger partial charge on any atom is -0.455 e. The molecule has 0 atom stereocenters. The molecular formula is C53H33N3O. The van der Waals surface area contributed by atoms with E-state index in [4.69, 9.17) is 4.42 Å². The highest BCUT2D eigenvalue weighted by molar-refractivity contribution is 6.21. The monoisotopic (exact) mass is 727 g/mol. The first-order chi connectivity index (χ1) is 28.3. The van der Waals surface area contributed by atoms with Gasteiger partial charge in [-0.05, 0) is 112 Å². The van der Waals surface area contributed by atoms with Crippen molar-refractivity contribution in [3.05, 3.63) is 200 Å². The summed E-state index contributed by atoms with van der Waals surface area (Å²) in [5, 5.41) is 11.7. The van der Waals surface area contributed by atoms with E-state index in [0.29, 0.717) is 0 Å². The average Bonchev–Trinajstić information content (AvgIpc) is 3.82. The summed E-state index contributed by atoms with van der Waals surface area (Å²) in [6.45, 7) is 0. The molecule has 0 spiro atoms. The molecular weight excluding hydrogens is 695 g/mol. The van der Waals surface area contributed by atoms with E-state index in [0.717, 1.165) is 77.6 Å². The Morgan fingerprint density at radius 3 is 1.98 bits per heavy atom. The SMILES string of the molecule is c1ccc(-n2c3ccc(N(c4ccc(-c5cccnc5)cc4)c4cc5ccccc5c5ccccc45)cc3c3cc4c(ccc5c6ccccc6oc45)cc32)cc1. The van der Waals surface area contributed by atoms with Crippen LogP contribution in [0, 0.1) is 0 Å². The predicted molar refractivity (Wildman–Crippen MR) is 238 cm³/mol. The van der Waals surface area contributed by atoms with E-state index in [-0.39, 0.29) is 0 Å². The van der Waals surface area contributed by atoms with Gasteiger partial charge in [0.05, 0.1) is 16.7 Å². The van der Waals surface area contributed by atoms with E-state index in [9.17, 15) is 0 Å². The second kappa shape index (κ2) is 12.4. The molecule has 0 amide bonds. The van der Waals surface area contributed by atoms with Gasteiger partial charge in [-0.2, -0.15) is 0 Å². The summed E-state index contributed by atoms with van der Waals surface area (Å²) >= 11 is 0. The number of anilines is 3.